The van der Waals surface area contributed by atoms with Crippen LogP contribution in [0, 0.1) is 17.2 Å². The first-order valence-electron chi connectivity index (χ1n) is 7.72. The Morgan fingerprint density at radius 3 is 2.45 bits per heavy atom. The van der Waals surface area contributed by atoms with Crippen LogP contribution in [0.25, 0.3) is 0 Å². The lowest BCUT2D eigenvalue weighted by Gasteiger charge is -2.14. The van der Waals surface area contributed by atoms with Gasteiger partial charge in [-0.25, -0.2) is 0 Å². The molecule has 3 heteroatoms. The zero-order valence-electron chi connectivity index (χ0n) is 13.7. The number of nitrogens with two attached hydrogens (primary N) is 1. The van der Waals surface area contributed by atoms with Crippen molar-refractivity contribution in [1.82, 2.24) is 5.32 Å². The van der Waals surface area contributed by atoms with E-state index in [0.29, 0.717) is 18.4 Å². The van der Waals surface area contributed by atoms with E-state index in [1.54, 1.807) is 0 Å². The van der Waals surface area contributed by atoms with Crippen LogP contribution in [0.1, 0.15) is 53.4 Å². The summed E-state index contributed by atoms with van der Waals surface area (Å²) >= 11 is 0. The van der Waals surface area contributed by atoms with Gasteiger partial charge >= 0.3 is 0 Å². The Kier molecular flexibility index (Phi) is 10.1. The third-order valence-corrected chi connectivity index (χ3v) is 3.70. The van der Waals surface area contributed by atoms with Crippen LogP contribution < -0.4 is 11.1 Å². The zero-order valence-corrected chi connectivity index (χ0v) is 13.7. The topological polar surface area (TPSA) is 61.9 Å². The van der Waals surface area contributed by atoms with E-state index in [0.717, 1.165) is 12.1 Å². The number of nitrogens with one attached hydrogen (secondary N) is 2. The molecule has 0 amide bonds. The maximum atomic E-state index is 7.38. The molecule has 0 saturated carbocycles. The molecule has 0 rings (SSSR count). The monoisotopic (exact) mass is 279 g/mol. The molecule has 0 spiro atoms. The van der Waals surface area contributed by atoms with E-state index in [9.17, 15) is 0 Å². The molecule has 0 saturated heterocycles. The van der Waals surface area contributed by atoms with E-state index in [1.165, 1.54) is 31.1 Å². The van der Waals surface area contributed by atoms with Crippen molar-refractivity contribution in [2.75, 3.05) is 6.54 Å². The average Bonchev–Trinajstić information content (AvgIpc) is 2.38. The minimum Gasteiger partial charge on any atom is -0.383 e. The summed E-state index contributed by atoms with van der Waals surface area (Å²) in [5.41, 5.74) is 7.86. The second-order valence-corrected chi connectivity index (χ2v) is 6.18. The highest BCUT2D eigenvalue weighted by Gasteiger charge is 2.05. The molecule has 0 radical (unpaired) electrons. The molecule has 4 N–H and O–H groups in total. The van der Waals surface area contributed by atoms with Gasteiger partial charge in [-0.2, -0.15) is 0 Å². The number of hydrogen-bond donors (Lipinski definition) is 3. The van der Waals surface area contributed by atoms with Gasteiger partial charge in [0.05, 0.1) is 0 Å². The lowest BCUT2D eigenvalue weighted by Crippen LogP contribution is -2.31. The van der Waals surface area contributed by atoms with Gasteiger partial charge < -0.3 is 16.5 Å². The highest BCUT2D eigenvalue weighted by molar-refractivity contribution is 5.74. The Morgan fingerprint density at radius 2 is 1.95 bits per heavy atom. The minimum atomic E-state index is 0.111. The summed E-state index contributed by atoms with van der Waals surface area (Å²) in [5, 5.41) is 10.6. The van der Waals surface area contributed by atoms with Gasteiger partial charge in [-0.3, -0.25) is 0 Å². The summed E-state index contributed by atoms with van der Waals surface area (Å²) in [6.07, 6.45) is 8.20. The SMILES string of the molecule is C=C(C)C(C)CCCC(C)C/C=C(\C=N)NC[C@@H](C)N. The number of hydrogen-bond acceptors (Lipinski definition) is 3. The molecular formula is C17H33N3. The van der Waals surface area contributed by atoms with Crippen LogP contribution in [-0.4, -0.2) is 18.8 Å². The van der Waals surface area contributed by atoms with Crippen molar-refractivity contribution >= 4 is 6.21 Å². The molecule has 0 fully saturated rings. The predicted octanol–water partition coefficient (Wildman–Crippen LogP) is 3.87. The largest absolute Gasteiger partial charge is 0.383 e. The van der Waals surface area contributed by atoms with Gasteiger partial charge in [0.2, 0.25) is 0 Å². The quantitative estimate of drug-likeness (QED) is 0.397. The summed E-state index contributed by atoms with van der Waals surface area (Å²) in [7, 11) is 0. The summed E-state index contributed by atoms with van der Waals surface area (Å²) in [6.45, 7) is 13.3. The Hall–Kier alpha value is -1.09. The van der Waals surface area contributed by atoms with Gasteiger partial charge in [0.25, 0.3) is 0 Å². The fraction of sp³-hybridized carbons (Fsp3) is 0.706. The van der Waals surface area contributed by atoms with Crippen LogP contribution in [0.4, 0.5) is 0 Å². The number of rotatable bonds is 11. The zero-order chi connectivity index (χ0) is 15.5. The molecule has 0 bridgehead atoms. The maximum absolute atomic E-state index is 7.38. The third-order valence-electron chi connectivity index (χ3n) is 3.70. The van der Waals surface area contributed by atoms with Gasteiger partial charge in [-0.15, -0.1) is 0 Å². The van der Waals surface area contributed by atoms with E-state index in [-0.39, 0.29) is 6.04 Å². The van der Waals surface area contributed by atoms with Crippen molar-refractivity contribution in [1.29, 1.82) is 5.41 Å². The Bertz CT molecular complexity index is 318. The van der Waals surface area contributed by atoms with Crippen LogP contribution in [-0.2, 0) is 0 Å². The van der Waals surface area contributed by atoms with E-state index >= 15 is 0 Å². The lowest BCUT2D eigenvalue weighted by atomic mass is 9.93. The van der Waals surface area contributed by atoms with Crippen LogP contribution in [0.15, 0.2) is 23.9 Å². The van der Waals surface area contributed by atoms with Gasteiger partial charge in [0.1, 0.15) is 0 Å². The Morgan fingerprint density at radius 1 is 1.30 bits per heavy atom. The maximum Gasteiger partial charge on any atom is 0.0479 e. The fourth-order valence-corrected chi connectivity index (χ4v) is 1.93. The summed E-state index contributed by atoms with van der Waals surface area (Å²) in [6, 6.07) is 0.111. The van der Waals surface area contributed by atoms with E-state index in [1.807, 2.05) is 6.92 Å². The molecule has 0 aromatic rings. The van der Waals surface area contributed by atoms with Crippen LogP contribution in [0.3, 0.4) is 0 Å². The summed E-state index contributed by atoms with van der Waals surface area (Å²) in [4.78, 5) is 0. The van der Waals surface area contributed by atoms with Gasteiger partial charge in [-0.05, 0) is 38.5 Å². The highest BCUT2D eigenvalue weighted by atomic mass is 14.9. The third kappa shape index (κ3) is 9.79. The highest BCUT2D eigenvalue weighted by Crippen LogP contribution is 2.19. The van der Waals surface area contributed by atoms with Crippen molar-refractivity contribution in [3.05, 3.63) is 23.9 Å². The second kappa shape index (κ2) is 10.7. The van der Waals surface area contributed by atoms with Crippen molar-refractivity contribution in [2.24, 2.45) is 17.6 Å². The first-order valence-corrected chi connectivity index (χ1v) is 7.72. The van der Waals surface area contributed by atoms with E-state index < -0.39 is 0 Å². The molecule has 3 atom stereocenters. The molecule has 2 unspecified atom stereocenters. The lowest BCUT2D eigenvalue weighted by molar-refractivity contribution is 0.469. The molecule has 0 aliphatic carbocycles. The van der Waals surface area contributed by atoms with Gasteiger partial charge in [0, 0.05) is 24.5 Å². The average molecular weight is 279 g/mol. The molecular weight excluding hydrogens is 246 g/mol. The molecule has 0 aliphatic rings. The molecule has 20 heavy (non-hydrogen) atoms. The van der Waals surface area contributed by atoms with Crippen molar-refractivity contribution < 1.29 is 0 Å². The first-order chi connectivity index (χ1) is 9.36. The van der Waals surface area contributed by atoms with E-state index in [2.05, 4.69) is 38.7 Å². The molecule has 0 aromatic carbocycles. The Labute approximate surface area is 125 Å². The summed E-state index contributed by atoms with van der Waals surface area (Å²) in [5.74, 6) is 1.28. The van der Waals surface area contributed by atoms with E-state index in [4.69, 9.17) is 11.1 Å². The minimum absolute atomic E-state index is 0.111. The molecule has 3 nitrogen and oxygen atoms in total. The van der Waals surface area contributed by atoms with Crippen molar-refractivity contribution in [2.45, 2.75) is 59.4 Å². The molecule has 0 aliphatic heterocycles. The van der Waals surface area contributed by atoms with Crippen LogP contribution in [0.2, 0.25) is 0 Å². The molecule has 0 heterocycles. The van der Waals surface area contributed by atoms with Gasteiger partial charge in [0.15, 0.2) is 0 Å². The van der Waals surface area contributed by atoms with Crippen LogP contribution >= 0.6 is 0 Å². The standard InChI is InChI=1S/C17H33N3/c1-13(2)15(4)8-6-7-14(3)9-10-17(11-18)20-12-16(5)19/h10-11,14-16,18,20H,1,6-9,12,19H2,2-5H3/b17-10+,18-11?/t14?,15?,16-/m1/s1. The Balaban J connectivity index is 3.96. The molecule has 0 aromatic heterocycles. The number of allylic oxidation sites excluding steroid dienone is 3. The predicted molar refractivity (Wildman–Crippen MR) is 90.1 cm³/mol. The second-order valence-electron chi connectivity index (χ2n) is 6.18. The normalized spacial score (nSPS) is 16.4. The fourth-order valence-electron chi connectivity index (χ4n) is 1.93. The smallest absolute Gasteiger partial charge is 0.0479 e. The van der Waals surface area contributed by atoms with Crippen molar-refractivity contribution in [3.63, 3.8) is 0 Å². The summed E-state index contributed by atoms with van der Waals surface area (Å²) < 4.78 is 0. The van der Waals surface area contributed by atoms with Gasteiger partial charge in [-0.1, -0.05) is 44.9 Å². The molecule has 116 valence electrons. The van der Waals surface area contributed by atoms with Crippen molar-refractivity contribution in [3.8, 4) is 0 Å². The van der Waals surface area contributed by atoms with Crippen LogP contribution in [0.5, 0.6) is 0 Å². The first kappa shape index (κ1) is 18.9.